The third-order valence-corrected chi connectivity index (χ3v) is 13.6. The van der Waals surface area contributed by atoms with Crippen LogP contribution >= 0.6 is 0 Å². The number of hydrogen-bond donors (Lipinski definition) is 4. The quantitative estimate of drug-likeness (QED) is 0.0928. The van der Waals surface area contributed by atoms with Gasteiger partial charge in [0.25, 0.3) is 0 Å². The van der Waals surface area contributed by atoms with Crippen molar-refractivity contribution >= 4 is 74.2 Å². The van der Waals surface area contributed by atoms with Crippen LogP contribution in [0.1, 0.15) is 105 Å². The molecule has 1 atom stereocenters. The first-order valence-corrected chi connectivity index (χ1v) is 22.8. The number of hydrogen-bond acceptors (Lipinski definition) is 11. The second kappa shape index (κ2) is 19.4. The fourth-order valence-electron chi connectivity index (χ4n) is 10.1. The molecule has 14 nitrogen and oxygen atoms in total. The minimum atomic E-state index is -0.724. The number of nitrogens with zero attached hydrogens (tertiary/aromatic N) is 4. The van der Waals surface area contributed by atoms with Gasteiger partial charge in [0, 0.05) is 108 Å². The van der Waals surface area contributed by atoms with Crippen molar-refractivity contribution in [1.82, 2.24) is 25.1 Å². The van der Waals surface area contributed by atoms with Crippen LogP contribution in [0.5, 0.6) is 0 Å². The molecule has 2 aliphatic heterocycles. The van der Waals surface area contributed by atoms with E-state index in [-0.39, 0.29) is 40.8 Å². The van der Waals surface area contributed by atoms with Gasteiger partial charge in [-0.05, 0) is 72.7 Å². The zero-order valence-electron chi connectivity index (χ0n) is 37.5. The summed E-state index contributed by atoms with van der Waals surface area (Å²) in [5, 5.41) is 20.9. The van der Waals surface area contributed by atoms with Gasteiger partial charge in [-0.25, -0.2) is 24.0 Å². The molecular formula is C52H52N8O6. The van der Waals surface area contributed by atoms with Gasteiger partial charge in [0.15, 0.2) is 11.9 Å². The molecular weight excluding hydrogens is 833 g/mol. The number of fused-ring (bicyclic) bond motifs is 5. The second-order valence-electron chi connectivity index (χ2n) is 17.8. The normalized spacial score (nSPS) is 16.5. The maximum atomic E-state index is 12.8. The molecule has 0 bridgehead atoms. The molecule has 336 valence electrons. The number of carbonyl (C=O) groups excluding carboxylic acids is 6. The van der Waals surface area contributed by atoms with E-state index in [9.17, 15) is 34.0 Å². The fraction of sp³-hybridized carbons (Fsp3) is 0.385. The Hall–Kier alpha value is -7.43. The van der Waals surface area contributed by atoms with Crippen molar-refractivity contribution in [3.05, 3.63) is 104 Å². The monoisotopic (exact) mass is 884 g/mol. The van der Waals surface area contributed by atoms with E-state index in [0.717, 1.165) is 91.6 Å². The number of nitrogens with one attached hydrogen (secondary N) is 4. The maximum absolute atomic E-state index is 12.8. The number of benzene rings is 3. The van der Waals surface area contributed by atoms with Gasteiger partial charge in [0.1, 0.15) is 39.9 Å². The SMILES string of the molecule is CCc1cc2c(cc1N1CCN(CCC(=O)NCCCCCCNc3cccc4c(=C=O)n(C5CCC(=C=O)NC5=C=O)c(=C=O)c34)CC1)C(C)(C)c1[nH]c3cc(C#N)ccc3c1C2=C=O. The number of amides is 1. The van der Waals surface area contributed by atoms with E-state index in [1.54, 1.807) is 24.1 Å². The van der Waals surface area contributed by atoms with Crippen LogP contribution in [0.4, 0.5) is 11.4 Å². The van der Waals surface area contributed by atoms with Crippen LogP contribution in [0.25, 0.3) is 27.2 Å². The Balaban J connectivity index is 0.793. The average Bonchev–Trinajstić information content (AvgIpc) is 3.90. The Labute approximate surface area is 382 Å². The molecule has 2 fully saturated rings. The van der Waals surface area contributed by atoms with E-state index in [0.29, 0.717) is 53.7 Å². The van der Waals surface area contributed by atoms with Crippen LogP contribution < -0.4 is 31.5 Å². The largest absolute Gasteiger partial charge is 0.384 e. The third-order valence-electron chi connectivity index (χ3n) is 13.6. The van der Waals surface area contributed by atoms with Gasteiger partial charge < -0.3 is 30.4 Å². The molecule has 1 unspecified atom stereocenters. The van der Waals surface area contributed by atoms with Gasteiger partial charge in [-0.3, -0.25) is 9.69 Å². The van der Waals surface area contributed by atoms with Gasteiger partial charge in [0.2, 0.25) is 5.91 Å². The van der Waals surface area contributed by atoms with Crippen molar-refractivity contribution in [2.45, 2.75) is 83.6 Å². The lowest BCUT2D eigenvalue weighted by Crippen LogP contribution is -2.47. The van der Waals surface area contributed by atoms with Crippen molar-refractivity contribution in [3.8, 4) is 6.07 Å². The molecule has 2 aromatic heterocycles. The molecule has 14 heteroatoms. The van der Waals surface area contributed by atoms with Crippen LogP contribution in [0, 0.1) is 11.3 Å². The van der Waals surface area contributed by atoms with E-state index >= 15 is 0 Å². The minimum Gasteiger partial charge on any atom is -0.384 e. The van der Waals surface area contributed by atoms with Crippen LogP contribution in [-0.2, 0) is 40.6 Å². The number of carbonyl (C=O) groups is 1. The van der Waals surface area contributed by atoms with Crippen LogP contribution in [-0.4, -0.2) is 95.9 Å². The number of aromatic nitrogens is 2. The zero-order chi connectivity index (χ0) is 46.5. The van der Waals surface area contributed by atoms with Gasteiger partial charge in [0.05, 0.1) is 23.2 Å². The van der Waals surface area contributed by atoms with E-state index in [1.807, 2.05) is 36.0 Å². The first-order valence-electron chi connectivity index (χ1n) is 22.8. The fourth-order valence-corrected chi connectivity index (χ4v) is 10.1. The molecule has 0 radical (unpaired) electrons. The summed E-state index contributed by atoms with van der Waals surface area (Å²) < 4.78 is 1.46. The number of piperazine rings is 1. The van der Waals surface area contributed by atoms with Gasteiger partial charge in [-0.1, -0.05) is 51.8 Å². The van der Waals surface area contributed by atoms with Crippen LogP contribution in [0.3, 0.4) is 0 Å². The average molecular weight is 885 g/mol. The molecule has 4 heterocycles. The van der Waals surface area contributed by atoms with Gasteiger partial charge in [-0.15, -0.1) is 0 Å². The lowest BCUT2D eigenvalue weighted by molar-refractivity contribution is -0.121. The number of unbranched alkanes of at least 4 members (excludes halogenated alkanes) is 3. The molecule has 2 saturated heterocycles. The molecule has 1 amide bonds. The van der Waals surface area contributed by atoms with Crippen molar-refractivity contribution in [3.63, 3.8) is 0 Å². The molecule has 0 saturated carbocycles. The summed E-state index contributed by atoms with van der Waals surface area (Å²) in [6.07, 6.45) is 5.34. The van der Waals surface area contributed by atoms with Gasteiger partial charge >= 0.3 is 0 Å². The third kappa shape index (κ3) is 8.36. The topological polar surface area (TPSA) is 189 Å². The number of aryl methyl sites for hydroxylation is 1. The van der Waals surface area contributed by atoms with E-state index in [1.165, 1.54) is 15.8 Å². The smallest absolute Gasteiger partial charge is 0.221 e. The molecule has 8 rings (SSSR count). The molecule has 4 N–H and O–H groups in total. The van der Waals surface area contributed by atoms with E-state index in [4.69, 9.17) is 0 Å². The number of allylic oxidation sites excluding steroid dienone is 2. The lowest BCUT2D eigenvalue weighted by atomic mass is 9.69. The van der Waals surface area contributed by atoms with Crippen molar-refractivity contribution in [1.29, 1.82) is 5.26 Å². The predicted molar refractivity (Wildman–Crippen MR) is 253 cm³/mol. The standard InChI is InChI=1S/C52H52N8O6/c1-4-34-25-38-39(29-62)49-36-14-12-33(27-53)24-42(36)57-51(49)52(2,3)40(38)26-45(34)59-22-20-58(21-23-59)19-16-48(66)55-18-8-6-5-7-17-54-41-11-9-10-37-46(31-64)60(47(32-65)50(37)41)44-15-13-35(28-61)56-43(44)30-63/h9-12,14,24-26,44,54,56-57H,4-8,13,15-23H2,1-3H3,(H,55,66). The number of aromatic amines is 1. The summed E-state index contributed by atoms with van der Waals surface area (Å²) in [6.45, 7) is 11.7. The highest BCUT2D eigenvalue weighted by molar-refractivity contribution is 6.10. The van der Waals surface area contributed by atoms with E-state index in [2.05, 4.69) is 75.6 Å². The summed E-state index contributed by atoms with van der Waals surface area (Å²) >= 11 is 0. The van der Waals surface area contributed by atoms with Crippen molar-refractivity contribution < 1.29 is 28.8 Å². The van der Waals surface area contributed by atoms with Crippen molar-refractivity contribution in [2.24, 2.45) is 0 Å². The Morgan fingerprint density at radius 3 is 2.33 bits per heavy atom. The number of rotatable bonds is 14. The van der Waals surface area contributed by atoms with Gasteiger partial charge in [-0.2, -0.15) is 5.26 Å². The summed E-state index contributed by atoms with van der Waals surface area (Å²) in [4.78, 5) is 81.5. The van der Waals surface area contributed by atoms with Crippen LogP contribution in [0.2, 0.25) is 0 Å². The predicted octanol–water partition coefficient (Wildman–Crippen LogP) is 4.12. The Morgan fingerprint density at radius 2 is 1.64 bits per heavy atom. The summed E-state index contributed by atoms with van der Waals surface area (Å²) in [7, 11) is 0. The molecule has 3 aliphatic rings. The maximum Gasteiger partial charge on any atom is 0.221 e. The molecule has 3 aromatic carbocycles. The first kappa shape index (κ1) is 45.1. The molecule has 1 aliphatic carbocycles. The summed E-state index contributed by atoms with van der Waals surface area (Å²) in [6, 6.07) is 16.8. The molecule has 5 aromatic rings. The number of anilines is 2. The number of nitriles is 1. The zero-order valence-corrected chi connectivity index (χ0v) is 37.5. The second-order valence-corrected chi connectivity index (χ2v) is 17.8. The number of piperidine rings is 1. The Morgan fingerprint density at radius 1 is 0.864 bits per heavy atom. The lowest BCUT2D eigenvalue weighted by Gasteiger charge is -2.39. The summed E-state index contributed by atoms with van der Waals surface area (Å²) in [5.41, 5.74) is 8.57. The Kier molecular flexibility index (Phi) is 13.2. The molecule has 0 spiro atoms. The minimum absolute atomic E-state index is 0.0332. The highest BCUT2D eigenvalue weighted by Crippen LogP contribution is 2.49. The summed E-state index contributed by atoms with van der Waals surface area (Å²) in [5.74, 6) is 9.84. The first-order chi connectivity index (χ1) is 32.1. The Bertz CT molecular complexity index is 3130. The van der Waals surface area contributed by atoms with E-state index < -0.39 is 11.5 Å². The highest BCUT2D eigenvalue weighted by atomic mass is 16.1. The highest BCUT2D eigenvalue weighted by Gasteiger charge is 2.39. The van der Waals surface area contributed by atoms with Crippen molar-refractivity contribution in [2.75, 3.05) is 56.0 Å². The number of H-pyrrole nitrogens is 1. The van der Waals surface area contributed by atoms with Crippen LogP contribution in [0.15, 0.2) is 59.9 Å². The molecule has 66 heavy (non-hydrogen) atoms.